The third-order valence-corrected chi connectivity index (χ3v) is 5.96. The Balaban J connectivity index is 1.40. The Labute approximate surface area is 216 Å². The molecule has 0 saturated heterocycles. The summed E-state index contributed by atoms with van der Waals surface area (Å²) in [6, 6.07) is 13.9. The van der Waals surface area contributed by atoms with Crippen LogP contribution in [0.2, 0.25) is 0 Å². The Morgan fingerprint density at radius 1 is 0.865 bits per heavy atom. The number of Topliss-reactive ketones (excluding diaryl/α,β-unsaturated/α-hetero) is 1. The number of ketones is 1. The van der Waals surface area contributed by atoms with Crippen LogP contribution in [0.3, 0.4) is 0 Å². The van der Waals surface area contributed by atoms with Gasteiger partial charge in [0.05, 0.1) is 19.7 Å². The first-order valence-electron chi connectivity index (χ1n) is 11.2. The minimum atomic E-state index is -1.35. The number of hydrogen-bond donors (Lipinski definition) is 0. The number of nitrogens with zero attached hydrogens (tertiary/aromatic N) is 1. The standard InChI is InChI=1S/C28H22F3NO4S/c1-34-26-14-21-24(15-27(26)35-2)32-10-9-25(21)36-18-5-3-16(4-6-18)11-19(37)12-17(33)13-20-22(29)7-8-23(30)28(20)31/h3-10,14-15H,11-13H2,1-2H3. The molecule has 190 valence electrons. The number of thiocarbonyl (C=S) groups is 1. The number of pyridine rings is 1. The molecule has 0 aliphatic carbocycles. The van der Waals surface area contributed by atoms with Gasteiger partial charge in [-0.1, -0.05) is 24.4 Å². The second kappa shape index (κ2) is 11.4. The molecule has 0 unspecified atom stereocenters. The first-order chi connectivity index (χ1) is 17.8. The van der Waals surface area contributed by atoms with E-state index in [0.29, 0.717) is 45.9 Å². The van der Waals surface area contributed by atoms with Gasteiger partial charge in [0.15, 0.2) is 23.1 Å². The summed E-state index contributed by atoms with van der Waals surface area (Å²) in [4.78, 5) is 17.1. The van der Waals surface area contributed by atoms with Gasteiger partial charge in [0.25, 0.3) is 0 Å². The topological polar surface area (TPSA) is 57.7 Å². The third kappa shape index (κ3) is 6.06. The summed E-state index contributed by atoms with van der Waals surface area (Å²) >= 11 is 5.31. The molecule has 0 saturated carbocycles. The number of rotatable bonds is 10. The first kappa shape index (κ1) is 26.1. The van der Waals surface area contributed by atoms with Crippen LogP contribution in [-0.2, 0) is 17.6 Å². The van der Waals surface area contributed by atoms with Crippen LogP contribution in [0.4, 0.5) is 13.2 Å². The van der Waals surface area contributed by atoms with Crippen LogP contribution in [-0.4, -0.2) is 29.9 Å². The van der Waals surface area contributed by atoms with Gasteiger partial charge in [0, 0.05) is 47.3 Å². The Morgan fingerprint density at radius 3 is 2.24 bits per heavy atom. The maximum absolute atomic E-state index is 13.8. The normalized spacial score (nSPS) is 10.8. The van der Waals surface area contributed by atoms with Crippen LogP contribution in [0.1, 0.15) is 17.5 Å². The van der Waals surface area contributed by atoms with E-state index in [9.17, 15) is 18.0 Å². The number of fused-ring (bicyclic) bond motifs is 1. The van der Waals surface area contributed by atoms with E-state index < -0.39 is 35.2 Å². The van der Waals surface area contributed by atoms with Crippen LogP contribution in [0.25, 0.3) is 10.9 Å². The second-order valence-electron chi connectivity index (χ2n) is 8.21. The summed E-state index contributed by atoms with van der Waals surface area (Å²) in [5, 5.41) is 0.745. The molecule has 0 amide bonds. The predicted octanol–water partition coefficient (Wildman–Crippen LogP) is 6.58. The fraction of sp³-hybridized carbons (Fsp3) is 0.179. The quantitative estimate of drug-likeness (QED) is 0.172. The summed E-state index contributed by atoms with van der Waals surface area (Å²) in [6.07, 6.45) is 1.22. The minimum Gasteiger partial charge on any atom is -0.493 e. The van der Waals surface area contributed by atoms with Crippen LogP contribution in [0.5, 0.6) is 23.0 Å². The minimum absolute atomic E-state index is 0.155. The summed E-state index contributed by atoms with van der Waals surface area (Å²) < 4.78 is 57.8. The van der Waals surface area contributed by atoms with E-state index in [2.05, 4.69) is 4.98 Å². The van der Waals surface area contributed by atoms with Crippen molar-refractivity contribution in [1.82, 2.24) is 4.98 Å². The highest BCUT2D eigenvalue weighted by Crippen LogP contribution is 2.36. The van der Waals surface area contributed by atoms with E-state index in [1.807, 2.05) is 12.1 Å². The number of carbonyl (C=O) groups is 1. The highest BCUT2D eigenvalue weighted by Gasteiger charge is 2.18. The number of aromatic nitrogens is 1. The summed E-state index contributed by atoms with van der Waals surface area (Å²) in [5.41, 5.74) is 0.924. The molecule has 37 heavy (non-hydrogen) atoms. The van der Waals surface area contributed by atoms with Crippen LogP contribution in [0, 0.1) is 17.5 Å². The molecule has 0 aliphatic heterocycles. The van der Waals surface area contributed by atoms with Crippen molar-refractivity contribution in [2.75, 3.05) is 14.2 Å². The lowest BCUT2D eigenvalue weighted by molar-refractivity contribution is -0.117. The van der Waals surface area contributed by atoms with E-state index in [1.165, 1.54) is 0 Å². The van der Waals surface area contributed by atoms with E-state index in [-0.39, 0.29) is 6.42 Å². The Morgan fingerprint density at radius 2 is 1.54 bits per heavy atom. The molecule has 9 heteroatoms. The zero-order valence-corrected chi connectivity index (χ0v) is 20.8. The molecule has 4 rings (SSSR count). The van der Waals surface area contributed by atoms with Gasteiger partial charge in [-0.25, -0.2) is 13.2 Å². The first-order valence-corrected chi connectivity index (χ1v) is 11.6. The van der Waals surface area contributed by atoms with Gasteiger partial charge in [-0.2, -0.15) is 0 Å². The lowest BCUT2D eigenvalue weighted by Crippen LogP contribution is -2.13. The SMILES string of the molecule is COc1cc2nccc(Oc3ccc(CC(=S)CC(=O)Cc4c(F)ccc(F)c4F)cc3)c2cc1OC. The van der Waals surface area contributed by atoms with Gasteiger partial charge < -0.3 is 14.2 Å². The molecule has 1 aromatic heterocycles. The van der Waals surface area contributed by atoms with Crippen LogP contribution in [0.15, 0.2) is 60.8 Å². The lowest BCUT2D eigenvalue weighted by atomic mass is 10.0. The van der Waals surface area contributed by atoms with Crippen molar-refractivity contribution in [3.05, 3.63) is 89.4 Å². The molecule has 3 aromatic carbocycles. The molecule has 0 atom stereocenters. The van der Waals surface area contributed by atoms with E-state index in [1.54, 1.807) is 50.7 Å². The van der Waals surface area contributed by atoms with E-state index in [0.717, 1.165) is 17.0 Å². The maximum Gasteiger partial charge on any atom is 0.165 e. The molecule has 0 fully saturated rings. The van der Waals surface area contributed by atoms with Gasteiger partial charge in [0.2, 0.25) is 0 Å². The zero-order valence-electron chi connectivity index (χ0n) is 20.0. The van der Waals surface area contributed by atoms with E-state index in [4.69, 9.17) is 26.4 Å². The van der Waals surface area contributed by atoms with E-state index >= 15 is 0 Å². The van der Waals surface area contributed by atoms with Crippen LogP contribution >= 0.6 is 12.2 Å². The van der Waals surface area contributed by atoms with Crippen molar-refractivity contribution in [3.63, 3.8) is 0 Å². The summed E-state index contributed by atoms with van der Waals surface area (Å²) in [5.74, 6) is -1.75. The average molecular weight is 526 g/mol. The van der Waals surface area contributed by atoms with Crippen molar-refractivity contribution in [3.8, 4) is 23.0 Å². The molecule has 0 radical (unpaired) electrons. The van der Waals surface area contributed by atoms with Crippen molar-refractivity contribution < 1.29 is 32.2 Å². The highest BCUT2D eigenvalue weighted by molar-refractivity contribution is 7.80. The lowest BCUT2D eigenvalue weighted by Gasteiger charge is -2.12. The smallest absolute Gasteiger partial charge is 0.165 e. The predicted molar refractivity (Wildman–Crippen MR) is 137 cm³/mol. The monoisotopic (exact) mass is 525 g/mol. The fourth-order valence-electron chi connectivity index (χ4n) is 3.84. The number of hydrogen-bond acceptors (Lipinski definition) is 6. The number of halogens is 3. The number of carbonyl (C=O) groups excluding carboxylic acids is 1. The molecular weight excluding hydrogens is 503 g/mol. The van der Waals surface area contributed by atoms with Crippen molar-refractivity contribution in [2.24, 2.45) is 0 Å². The van der Waals surface area contributed by atoms with Crippen LogP contribution < -0.4 is 14.2 Å². The Hall–Kier alpha value is -3.98. The van der Waals surface area contributed by atoms with Gasteiger partial charge in [-0.15, -0.1) is 0 Å². The molecule has 0 aliphatic rings. The molecule has 0 N–H and O–H groups in total. The fourth-order valence-corrected chi connectivity index (χ4v) is 4.17. The maximum atomic E-state index is 13.8. The zero-order chi connectivity index (χ0) is 26.5. The van der Waals surface area contributed by atoms with Crippen molar-refractivity contribution in [2.45, 2.75) is 19.3 Å². The Bertz CT molecular complexity index is 1480. The summed E-state index contributed by atoms with van der Waals surface area (Å²) in [6.45, 7) is 0. The molecular formula is C28H22F3NO4S. The Kier molecular flexibility index (Phi) is 8.03. The largest absolute Gasteiger partial charge is 0.493 e. The third-order valence-electron chi connectivity index (χ3n) is 5.67. The summed E-state index contributed by atoms with van der Waals surface area (Å²) in [7, 11) is 3.10. The average Bonchev–Trinajstić information content (AvgIpc) is 2.89. The van der Waals surface area contributed by atoms with Gasteiger partial charge >= 0.3 is 0 Å². The number of methoxy groups -OCH3 is 2. The molecule has 0 spiro atoms. The highest BCUT2D eigenvalue weighted by atomic mass is 32.1. The number of ether oxygens (including phenoxy) is 3. The van der Waals surface area contributed by atoms with Gasteiger partial charge in [-0.3, -0.25) is 9.78 Å². The second-order valence-corrected chi connectivity index (χ2v) is 8.79. The molecule has 1 heterocycles. The van der Waals surface area contributed by atoms with Gasteiger partial charge in [-0.05, 0) is 42.0 Å². The number of benzene rings is 3. The van der Waals surface area contributed by atoms with Crippen molar-refractivity contribution >= 4 is 33.8 Å². The van der Waals surface area contributed by atoms with Crippen molar-refractivity contribution in [1.29, 1.82) is 0 Å². The molecule has 5 nitrogen and oxygen atoms in total. The molecule has 4 aromatic rings. The molecule has 0 bridgehead atoms. The van der Waals surface area contributed by atoms with Gasteiger partial charge in [0.1, 0.15) is 23.1 Å².